The minimum Gasteiger partial charge on any atom is -0.481 e. The van der Waals surface area contributed by atoms with Crippen LogP contribution in [0.25, 0.3) is 0 Å². The van der Waals surface area contributed by atoms with Gasteiger partial charge in [-0.1, -0.05) is 19.4 Å². The molecule has 4 rings (SSSR count). The number of fused-ring (bicyclic) bond motifs is 1. The van der Waals surface area contributed by atoms with Crippen molar-refractivity contribution in [2.75, 3.05) is 60.7 Å². The Kier molecular flexibility index (Phi) is 9.73. The monoisotopic (exact) mass is 556 g/mol. The van der Waals surface area contributed by atoms with Crippen molar-refractivity contribution in [1.82, 2.24) is 19.4 Å². The number of quaternary nitrogens is 1. The minimum absolute atomic E-state index is 0.0762. The van der Waals surface area contributed by atoms with Crippen LogP contribution >= 0.6 is 0 Å². The predicted molar refractivity (Wildman–Crippen MR) is 152 cm³/mol. The number of rotatable bonds is 14. The second-order valence-corrected chi connectivity index (χ2v) is 12.2. The molecular formula is C30H46N5O5+. The lowest BCUT2D eigenvalue weighted by molar-refractivity contribution is -0.870. The minimum atomic E-state index is -0.840. The lowest BCUT2D eigenvalue weighted by atomic mass is 9.83. The number of benzene rings is 1. The Bertz CT molecular complexity index is 1160. The first-order valence-corrected chi connectivity index (χ1v) is 14.5. The molecule has 0 spiro atoms. The number of carboxylic acid groups (broad SMARTS) is 1. The molecule has 1 amide bonds. The van der Waals surface area contributed by atoms with E-state index >= 15 is 0 Å². The number of ether oxygens (including phenoxy) is 2. The van der Waals surface area contributed by atoms with E-state index in [9.17, 15) is 14.7 Å². The molecule has 2 aliphatic heterocycles. The average Bonchev–Trinajstić information content (AvgIpc) is 3.62. The number of imidazole rings is 1. The summed E-state index contributed by atoms with van der Waals surface area (Å²) in [6.45, 7) is 5.44. The smallest absolute Gasteiger partial charge is 0.308 e. The summed E-state index contributed by atoms with van der Waals surface area (Å²) in [6.07, 6.45) is 7.80. The third-order valence-electron chi connectivity index (χ3n) is 8.17. The number of likely N-dealkylation sites (tertiary alicyclic amines) is 1. The predicted octanol–water partition coefficient (Wildman–Crippen LogP) is 2.98. The number of carboxylic acids is 1. The van der Waals surface area contributed by atoms with Gasteiger partial charge in [-0.25, -0.2) is 4.98 Å². The maximum absolute atomic E-state index is 13.7. The quantitative estimate of drug-likeness (QED) is 0.358. The molecule has 10 heteroatoms. The molecule has 3 atom stereocenters. The summed E-state index contributed by atoms with van der Waals surface area (Å²) in [6, 6.07) is 5.40. The number of aryl methyl sites for hydroxylation is 2. The Balaban J connectivity index is 1.57. The molecule has 0 bridgehead atoms. The van der Waals surface area contributed by atoms with E-state index in [4.69, 9.17) is 9.47 Å². The van der Waals surface area contributed by atoms with Crippen LogP contribution in [0, 0.1) is 5.92 Å². The van der Waals surface area contributed by atoms with Crippen molar-refractivity contribution >= 4 is 11.9 Å². The van der Waals surface area contributed by atoms with Crippen LogP contribution in [0.4, 0.5) is 0 Å². The maximum atomic E-state index is 13.7. The average molecular weight is 557 g/mol. The van der Waals surface area contributed by atoms with Crippen molar-refractivity contribution in [3.63, 3.8) is 0 Å². The number of nitrogens with zero attached hydrogens (tertiary/aromatic N) is 5. The van der Waals surface area contributed by atoms with E-state index in [1.165, 1.54) is 0 Å². The highest BCUT2D eigenvalue weighted by molar-refractivity contribution is 5.79. The zero-order valence-electron chi connectivity index (χ0n) is 24.7. The first-order valence-electron chi connectivity index (χ1n) is 14.5. The molecule has 1 N–H and O–H groups in total. The van der Waals surface area contributed by atoms with Crippen LogP contribution in [0.3, 0.4) is 0 Å². The van der Waals surface area contributed by atoms with Crippen molar-refractivity contribution in [3.8, 4) is 11.5 Å². The number of aromatic nitrogens is 2. The fourth-order valence-electron chi connectivity index (χ4n) is 5.97. The highest BCUT2D eigenvalue weighted by Crippen LogP contribution is 2.43. The molecule has 0 aliphatic carbocycles. The Morgan fingerprint density at radius 1 is 1.15 bits per heavy atom. The second-order valence-electron chi connectivity index (χ2n) is 12.2. The van der Waals surface area contributed by atoms with E-state index in [2.05, 4.69) is 38.0 Å². The number of hydrogen-bond acceptors (Lipinski definition) is 6. The molecule has 10 nitrogen and oxygen atoms in total. The van der Waals surface area contributed by atoms with Gasteiger partial charge in [0.1, 0.15) is 5.82 Å². The van der Waals surface area contributed by atoms with Crippen molar-refractivity contribution in [1.29, 1.82) is 0 Å². The Labute approximate surface area is 238 Å². The van der Waals surface area contributed by atoms with Crippen LogP contribution in [0.1, 0.15) is 49.9 Å². The molecule has 220 valence electrons. The van der Waals surface area contributed by atoms with Gasteiger partial charge in [0, 0.05) is 63.9 Å². The van der Waals surface area contributed by atoms with Crippen molar-refractivity contribution in [2.45, 2.75) is 51.0 Å². The Hall–Kier alpha value is -3.11. The summed E-state index contributed by atoms with van der Waals surface area (Å²) in [5, 5.41) is 10.5. The van der Waals surface area contributed by atoms with Crippen molar-refractivity contribution in [2.24, 2.45) is 13.0 Å². The van der Waals surface area contributed by atoms with Gasteiger partial charge in [-0.3, -0.25) is 14.5 Å². The van der Waals surface area contributed by atoms with E-state index in [0.717, 1.165) is 48.2 Å². The number of unbranched alkanes of at least 4 members (excludes halogenated alkanes) is 1. The zero-order chi connectivity index (χ0) is 28.9. The van der Waals surface area contributed by atoms with Crippen LogP contribution in [0.5, 0.6) is 11.5 Å². The standard InChI is InChI=1S/C30H45N5O5/c1-6-7-14-33(15-8-17-35(3,4)5)28(36)20-34-19-23(22-9-11-25-26(18-22)40-21-39-25)29(30(37)38)24(34)10-12-27-31-13-16-32(27)2/h9,11,13,16,18,23-24,29H,6-8,10,12,14-15,17,19-21H2,1-5H3/p+1/t23-,24+,29-/m1/s1. The van der Waals surface area contributed by atoms with Gasteiger partial charge in [-0.05, 0) is 30.5 Å². The summed E-state index contributed by atoms with van der Waals surface area (Å²) < 4.78 is 13.9. The SMILES string of the molecule is CCCCN(CCC[N+](C)(C)C)C(=O)CN1C[C@H](c2ccc3c(c2)OCO3)[C@@H](C(=O)O)[C@@H]1CCc1nccn1C. The highest BCUT2D eigenvalue weighted by atomic mass is 16.7. The molecule has 1 fully saturated rings. The molecule has 1 saturated heterocycles. The van der Waals surface area contributed by atoms with Crippen LogP contribution in [-0.4, -0.2) is 108 Å². The molecule has 3 heterocycles. The van der Waals surface area contributed by atoms with Gasteiger partial charge in [0.05, 0.1) is 40.2 Å². The normalized spacial score (nSPS) is 20.7. The first-order chi connectivity index (χ1) is 19.1. The third kappa shape index (κ3) is 7.34. The van der Waals surface area contributed by atoms with Gasteiger partial charge in [0.2, 0.25) is 12.7 Å². The molecule has 0 radical (unpaired) electrons. The fraction of sp³-hybridized carbons (Fsp3) is 0.633. The summed E-state index contributed by atoms with van der Waals surface area (Å²) in [4.78, 5) is 35.1. The molecule has 0 saturated carbocycles. The van der Waals surface area contributed by atoms with Crippen molar-refractivity contribution < 1.29 is 28.7 Å². The van der Waals surface area contributed by atoms with Crippen molar-refractivity contribution in [3.05, 3.63) is 42.0 Å². The molecule has 40 heavy (non-hydrogen) atoms. The second kappa shape index (κ2) is 13.0. The number of hydrogen-bond donors (Lipinski definition) is 1. The van der Waals surface area contributed by atoms with Gasteiger partial charge in [0.25, 0.3) is 0 Å². The summed E-state index contributed by atoms with van der Waals surface area (Å²) in [5.41, 5.74) is 0.902. The maximum Gasteiger partial charge on any atom is 0.308 e. The largest absolute Gasteiger partial charge is 0.481 e. The number of carbonyl (C=O) groups excluding carboxylic acids is 1. The first kappa shape index (κ1) is 29.9. The molecule has 1 aromatic carbocycles. The lowest BCUT2D eigenvalue weighted by Crippen LogP contribution is -2.45. The topological polar surface area (TPSA) is 97.1 Å². The van der Waals surface area contributed by atoms with Crippen LogP contribution in [0.15, 0.2) is 30.6 Å². The molecule has 2 aliphatic rings. The third-order valence-corrected chi connectivity index (χ3v) is 8.17. The summed E-state index contributed by atoms with van der Waals surface area (Å²) >= 11 is 0. The Morgan fingerprint density at radius 3 is 2.58 bits per heavy atom. The van der Waals surface area contributed by atoms with Gasteiger partial charge >= 0.3 is 5.97 Å². The molecule has 0 unspecified atom stereocenters. The van der Waals surface area contributed by atoms with E-state index < -0.39 is 11.9 Å². The van der Waals surface area contributed by atoms with E-state index in [-0.39, 0.29) is 31.2 Å². The van der Waals surface area contributed by atoms with Crippen LogP contribution in [0.2, 0.25) is 0 Å². The number of carbonyl (C=O) groups is 2. The molecule has 2 aromatic rings. The van der Waals surface area contributed by atoms with E-state index in [1.807, 2.05) is 40.9 Å². The summed E-state index contributed by atoms with van der Waals surface area (Å²) in [7, 11) is 8.44. The van der Waals surface area contributed by atoms with Gasteiger partial charge in [0.15, 0.2) is 11.5 Å². The van der Waals surface area contributed by atoms with E-state index in [1.54, 1.807) is 6.20 Å². The van der Waals surface area contributed by atoms with E-state index in [0.29, 0.717) is 37.4 Å². The van der Waals surface area contributed by atoms with Crippen LogP contribution < -0.4 is 9.47 Å². The number of aliphatic carboxylic acids is 1. The summed E-state index contributed by atoms with van der Waals surface area (Å²) in [5.74, 6) is 0.535. The fourth-order valence-corrected chi connectivity index (χ4v) is 5.97. The van der Waals surface area contributed by atoms with Gasteiger partial charge < -0.3 is 28.5 Å². The molecule has 1 aromatic heterocycles. The van der Waals surface area contributed by atoms with Crippen LogP contribution in [-0.2, 0) is 23.1 Å². The van der Waals surface area contributed by atoms with Gasteiger partial charge in [-0.2, -0.15) is 0 Å². The highest BCUT2D eigenvalue weighted by Gasteiger charge is 2.47. The zero-order valence-corrected chi connectivity index (χ0v) is 24.7. The lowest BCUT2D eigenvalue weighted by Gasteiger charge is -2.30. The molecular weight excluding hydrogens is 510 g/mol. The Morgan fingerprint density at radius 2 is 1.90 bits per heavy atom. The number of amides is 1. The van der Waals surface area contributed by atoms with Gasteiger partial charge in [-0.15, -0.1) is 0 Å².